The zero-order chi connectivity index (χ0) is 23.1. The van der Waals surface area contributed by atoms with E-state index < -0.39 is 10.0 Å². The van der Waals surface area contributed by atoms with E-state index in [2.05, 4.69) is 31.0 Å². The number of benzene rings is 1. The molecule has 1 aromatic rings. The van der Waals surface area contributed by atoms with Gasteiger partial charge in [0.1, 0.15) is 0 Å². The highest BCUT2D eigenvalue weighted by atomic mass is 32.2. The summed E-state index contributed by atoms with van der Waals surface area (Å²) >= 11 is 0. The molecule has 32 heavy (non-hydrogen) atoms. The molecule has 0 aliphatic carbocycles. The number of carbonyl (C=O) groups excluding carboxylic acids is 1. The summed E-state index contributed by atoms with van der Waals surface area (Å²) in [6.45, 7) is 11.6. The van der Waals surface area contributed by atoms with Crippen LogP contribution in [0.2, 0.25) is 0 Å². The molecule has 1 atom stereocenters. The van der Waals surface area contributed by atoms with Crippen LogP contribution in [0.3, 0.4) is 0 Å². The van der Waals surface area contributed by atoms with Gasteiger partial charge in [-0.05, 0) is 81.1 Å². The smallest absolute Gasteiger partial charge is 0.243 e. The Kier molecular flexibility index (Phi) is 9.14. The fourth-order valence-corrected chi connectivity index (χ4v) is 6.31. The third-order valence-corrected chi connectivity index (χ3v) is 8.86. The molecule has 7 heteroatoms. The minimum Gasteiger partial charge on any atom is -0.356 e. The average Bonchev–Trinajstić information content (AvgIpc) is 2.79. The van der Waals surface area contributed by atoms with Gasteiger partial charge < -0.3 is 10.2 Å². The zero-order valence-electron chi connectivity index (χ0n) is 20.1. The molecule has 6 nitrogen and oxygen atoms in total. The first kappa shape index (κ1) is 25.2. The first-order valence-electron chi connectivity index (χ1n) is 12.4. The van der Waals surface area contributed by atoms with Crippen molar-refractivity contribution in [2.75, 3.05) is 39.3 Å². The number of carbonyl (C=O) groups is 1. The van der Waals surface area contributed by atoms with Crippen LogP contribution in [-0.4, -0.2) is 62.8 Å². The van der Waals surface area contributed by atoms with Crippen molar-refractivity contribution in [1.82, 2.24) is 14.5 Å². The molecular formula is C25H41N3O3S. The monoisotopic (exact) mass is 463 g/mol. The van der Waals surface area contributed by atoms with Gasteiger partial charge in [-0.15, -0.1) is 0 Å². The minimum absolute atomic E-state index is 0.0786. The van der Waals surface area contributed by atoms with Crippen molar-refractivity contribution in [3.05, 3.63) is 29.8 Å². The van der Waals surface area contributed by atoms with Crippen molar-refractivity contribution in [3.63, 3.8) is 0 Å². The summed E-state index contributed by atoms with van der Waals surface area (Å²) in [6, 6.07) is 7.19. The maximum Gasteiger partial charge on any atom is 0.243 e. The number of likely N-dealkylation sites (tertiary alicyclic amines) is 1. The third-order valence-electron chi connectivity index (χ3n) is 6.95. The molecule has 180 valence electrons. The normalized spacial score (nSPS) is 21.7. The van der Waals surface area contributed by atoms with Gasteiger partial charge in [0.15, 0.2) is 0 Å². The summed E-state index contributed by atoms with van der Waals surface area (Å²) in [4.78, 5) is 15.4. The van der Waals surface area contributed by atoms with Crippen LogP contribution in [0.1, 0.15) is 70.8 Å². The van der Waals surface area contributed by atoms with E-state index in [-0.39, 0.29) is 11.8 Å². The van der Waals surface area contributed by atoms with Crippen LogP contribution in [0.5, 0.6) is 0 Å². The molecule has 2 saturated heterocycles. The molecule has 0 aromatic heterocycles. The number of hydrogen-bond donors (Lipinski definition) is 1. The Labute approximate surface area is 194 Å². The third kappa shape index (κ3) is 6.78. The molecule has 0 saturated carbocycles. The number of nitrogens with one attached hydrogen (secondary N) is 1. The Morgan fingerprint density at radius 1 is 1.06 bits per heavy atom. The lowest BCUT2D eigenvalue weighted by molar-refractivity contribution is -0.126. The van der Waals surface area contributed by atoms with E-state index in [4.69, 9.17) is 0 Å². The van der Waals surface area contributed by atoms with Crippen molar-refractivity contribution in [3.8, 4) is 0 Å². The number of sulfonamides is 1. The van der Waals surface area contributed by atoms with Crippen LogP contribution in [0.15, 0.2) is 29.2 Å². The fourth-order valence-electron chi connectivity index (χ4n) is 4.84. The summed E-state index contributed by atoms with van der Waals surface area (Å²) in [6.07, 6.45) is 5.92. The van der Waals surface area contributed by atoms with Gasteiger partial charge >= 0.3 is 0 Å². The number of piperidine rings is 2. The Morgan fingerprint density at radius 2 is 1.75 bits per heavy atom. The number of amides is 1. The molecule has 1 unspecified atom stereocenters. The standard InChI is InChI=1S/C25H41N3O3S/c1-20(2)22-8-10-24(11-9-22)32(30,31)28-17-12-23(13-18-28)25(29)26-14-4-5-15-27-16-6-7-21(3)19-27/h8-11,20-21,23H,4-7,12-19H2,1-3H3,(H,26,29). The van der Waals surface area contributed by atoms with E-state index in [0.29, 0.717) is 43.3 Å². The molecule has 0 bridgehead atoms. The summed E-state index contributed by atoms with van der Waals surface area (Å²) in [5, 5.41) is 3.08. The lowest BCUT2D eigenvalue weighted by Gasteiger charge is -2.31. The van der Waals surface area contributed by atoms with E-state index in [1.54, 1.807) is 12.1 Å². The highest BCUT2D eigenvalue weighted by Crippen LogP contribution is 2.25. The molecule has 2 aliphatic rings. The number of nitrogens with zero attached hydrogens (tertiary/aromatic N) is 2. The minimum atomic E-state index is -3.50. The summed E-state index contributed by atoms with van der Waals surface area (Å²) < 4.78 is 27.5. The maximum atomic E-state index is 13.0. The van der Waals surface area contributed by atoms with E-state index in [1.807, 2.05) is 12.1 Å². The highest BCUT2D eigenvalue weighted by molar-refractivity contribution is 7.89. The fraction of sp³-hybridized carbons (Fsp3) is 0.720. The first-order valence-corrected chi connectivity index (χ1v) is 13.8. The van der Waals surface area contributed by atoms with Gasteiger partial charge in [0.2, 0.25) is 15.9 Å². The Bertz CT molecular complexity index is 830. The van der Waals surface area contributed by atoms with Crippen molar-refractivity contribution < 1.29 is 13.2 Å². The van der Waals surface area contributed by atoms with Crippen LogP contribution >= 0.6 is 0 Å². The molecular weight excluding hydrogens is 422 g/mol. The molecule has 0 radical (unpaired) electrons. The van der Waals surface area contributed by atoms with E-state index in [1.165, 1.54) is 30.2 Å². The predicted molar refractivity (Wildman–Crippen MR) is 129 cm³/mol. The Balaban J connectivity index is 1.37. The highest BCUT2D eigenvalue weighted by Gasteiger charge is 2.32. The van der Waals surface area contributed by atoms with E-state index in [9.17, 15) is 13.2 Å². The molecule has 2 heterocycles. The van der Waals surface area contributed by atoms with E-state index >= 15 is 0 Å². The van der Waals surface area contributed by atoms with Crippen LogP contribution in [0, 0.1) is 11.8 Å². The second-order valence-electron chi connectivity index (χ2n) is 9.95. The summed E-state index contributed by atoms with van der Waals surface area (Å²) in [5.41, 5.74) is 1.13. The van der Waals surface area contributed by atoms with E-state index in [0.717, 1.165) is 30.9 Å². The van der Waals surface area contributed by atoms with Crippen LogP contribution in [0.25, 0.3) is 0 Å². The van der Waals surface area contributed by atoms with Gasteiger partial charge in [-0.3, -0.25) is 4.79 Å². The SMILES string of the molecule is CC1CCCN(CCCCNC(=O)C2CCN(S(=O)(=O)c3ccc(C(C)C)cc3)CC2)C1. The van der Waals surface area contributed by atoms with Gasteiger partial charge in [-0.2, -0.15) is 4.31 Å². The quantitative estimate of drug-likeness (QED) is 0.565. The zero-order valence-corrected chi connectivity index (χ0v) is 20.9. The van der Waals surface area contributed by atoms with Gasteiger partial charge in [-0.1, -0.05) is 32.9 Å². The molecule has 2 aliphatic heterocycles. The largest absolute Gasteiger partial charge is 0.356 e. The van der Waals surface area contributed by atoms with Gasteiger partial charge in [0, 0.05) is 32.1 Å². The lowest BCUT2D eigenvalue weighted by Crippen LogP contribution is -2.43. The van der Waals surface area contributed by atoms with Crippen molar-refractivity contribution in [2.24, 2.45) is 11.8 Å². The number of unbranched alkanes of at least 4 members (excludes halogenated alkanes) is 1. The number of rotatable bonds is 9. The van der Waals surface area contributed by atoms with Gasteiger partial charge in [0.05, 0.1) is 4.90 Å². The molecule has 3 rings (SSSR count). The van der Waals surface area contributed by atoms with Crippen molar-refractivity contribution >= 4 is 15.9 Å². The van der Waals surface area contributed by atoms with Crippen LogP contribution in [-0.2, 0) is 14.8 Å². The molecule has 1 N–H and O–H groups in total. The maximum absolute atomic E-state index is 13.0. The summed E-state index contributed by atoms with van der Waals surface area (Å²) in [5.74, 6) is 1.16. The topological polar surface area (TPSA) is 69.7 Å². The van der Waals surface area contributed by atoms with Gasteiger partial charge in [-0.25, -0.2) is 8.42 Å². The molecule has 1 amide bonds. The van der Waals surface area contributed by atoms with Crippen LogP contribution in [0.4, 0.5) is 0 Å². The Morgan fingerprint density at radius 3 is 2.38 bits per heavy atom. The molecule has 0 spiro atoms. The first-order chi connectivity index (χ1) is 15.3. The summed E-state index contributed by atoms with van der Waals surface area (Å²) in [7, 11) is -3.50. The second-order valence-corrected chi connectivity index (χ2v) is 11.9. The predicted octanol–water partition coefficient (Wildman–Crippen LogP) is 3.84. The Hall–Kier alpha value is -1.44. The molecule has 1 aromatic carbocycles. The van der Waals surface area contributed by atoms with Gasteiger partial charge in [0.25, 0.3) is 0 Å². The number of hydrogen-bond acceptors (Lipinski definition) is 4. The average molecular weight is 464 g/mol. The molecule has 2 fully saturated rings. The van der Waals surface area contributed by atoms with Crippen LogP contribution < -0.4 is 5.32 Å². The van der Waals surface area contributed by atoms with Crippen molar-refractivity contribution in [1.29, 1.82) is 0 Å². The lowest BCUT2D eigenvalue weighted by atomic mass is 9.97. The second kappa shape index (κ2) is 11.6. The van der Waals surface area contributed by atoms with Crippen molar-refractivity contribution in [2.45, 2.75) is 70.1 Å².